The summed E-state index contributed by atoms with van der Waals surface area (Å²) in [6.07, 6.45) is 5.76. The monoisotopic (exact) mass is 566 g/mol. The first-order chi connectivity index (χ1) is 19.6. The van der Waals surface area contributed by atoms with Gasteiger partial charge in [0, 0.05) is 56.8 Å². The van der Waals surface area contributed by atoms with Crippen molar-refractivity contribution in [3.63, 3.8) is 0 Å². The zero-order valence-corrected chi connectivity index (χ0v) is 22.8. The Labute approximate surface area is 234 Å². The Morgan fingerprint density at radius 3 is 2.46 bits per heavy atom. The molecule has 0 radical (unpaired) electrons. The number of anilines is 2. The van der Waals surface area contributed by atoms with Crippen LogP contribution in [0.15, 0.2) is 36.7 Å². The first-order valence-corrected chi connectivity index (χ1v) is 13.9. The number of likely N-dealkylation sites (tertiary alicyclic amines) is 1. The molecule has 6 heterocycles. The van der Waals surface area contributed by atoms with E-state index >= 15 is 4.39 Å². The van der Waals surface area contributed by atoms with Crippen LogP contribution in [0.1, 0.15) is 43.6 Å². The highest BCUT2D eigenvalue weighted by molar-refractivity contribution is 5.83. The summed E-state index contributed by atoms with van der Waals surface area (Å²) in [5.41, 5.74) is 1.23. The first kappa shape index (κ1) is 26.3. The number of nitrogens with zero attached hydrogens (tertiary/aromatic N) is 7. The minimum Gasteiger partial charge on any atom is -0.319 e. The standard InChI is InChI=1S/C29H30F4N8/c1-29(32,33)23-6-8-25-37-27-20(30)9-17(10-22(27)41(23)25)26-21(31)12-35-28(38-26)36-24-7-3-16(11-34-24)13-40-18-4-5-19(40)15-39(2)14-18/h3,7,9-12,18-19,23H,4-6,8,13-15H2,1-2H3,(H,34,35,36,38)/t18?,19?,23-/m0/s1. The minimum absolute atomic E-state index is 0.0145. The quantitative estimate of drug-likeness (QED) is 0.316. The Morgan fingerprint density at radius 2 is 1.76 bits per heavy atom. The van der Waals surface area contributed by atoms with Crippen LogP contribution in [0.4, 0.5) is 29.3 Å². The number of nitrogens with one attached hydrogen (secondary N) is 1. The summed E-state index contributed by atoms with van der Waals surface area (Å²) in [4.78, 5) is 22.0. The van der Waals surface area contributed by atoms with Crippen molar-refractivity contribution in [2.75, 3.05) is 25.5 Å². The van der Waals surface area contributed by atoms with Gasteiger partial charge in [-0.25, -0.2) is 37.5 Å². The highest BCUT2D eigenvalue weighted by atomic mass is 19.3. The van der Waals surface area contributed by atoms with Gasteiger partial charge in [0.2, 0.25) is 5.95 Å². The van der Waals surface area contributed by atoms with Crippen molar-refractivity contribution in [1.29, 1.82) is 0 Å². The number of pyridine rings is 1. The number of benzene rings is 1. The largest absolute Gasteiger partial charge is 0.319 e. The van der Waals surface area contributed by atoms with E-state index < -0.39 is 23.6 Å². The van der Waals surface area contributed by atoms with Gasteiger partial charge in [-0.2, -0.15) is 0 Å². The third kappa shape index (κ3) is 4.72. The average Bonchev–Trinajstić information content (AvgIpc) is 3.57. The summed E-state index contributed by atoms with van der Waals surface area (Å²) in [7, 11) is 2.18. The molecule has 0 amide bonds. The fourth-order valence-corrected chi connectivity index (χ4v) is 6.74. The Kier molecular flexibility index (Phi) is 6.23. The van der Waals surface area contributed by atoms with Gasteiger partial charge < -0.3 is 14.8 Å². The molecule has 0 spiro atoms. The number of hydrogen-bond donors (Lipinski definition) is 1. The molecule has 2 saturated heterocycles. The highest BCUT2D eigenvalue weighted by Gasteiger charge is 2.42. The number of aromatic nitrogens is 5. The molecule has 2 fully saturated rings. The van der Waals surface area contributed by atoms with E-state index in [1.54, 1.807) is 0 Å². The molecule has 3 aromatic heterocycles. The number of imidazole rings is 1. The van der Waals surface area contributed by atoms with Crippen LogP contribution in [0.2, 0.25) is 0 Å². The van der Waals surface area contributed by atoms with Crippen LogP contribution in [0.25, 0.3) is 22.3 Å². The van der Waals surface area contributed by atoms with Crippen LogP contribution in [0, 0.1) is 11.6 Å². The van der Waals surface area contributed by atoms with Crippen molar-refractivity contribution >= 4 is 22.8 Å². The highest BCUT2D eigenvalue weighted by Crippen LogP contribution is 2.42. The van der Waals surface area contributed by atoms with Gasteiger partial charge in [0.05, 0.1) is 17.8 Å². The lowest BCUT2D eigenvalue weighted by atomic mass is 10.1. The summed E-state index contributed by atoms with van der Waals surface area (Å²) in [5.74, 6) is -3.56. The predicted octanol–water partition coefficient (Wildman–Crippen LogP) is 5.33. The smallest absolute Gasteiger partial charge is 0.265 e. The van der Waals surface area contributed by atoms with Crippen molar-refractivity contribution in [2.45, 2.75) is 63.2 Å². The second-order valence-electron chi connectivity index (χ2n) is 11.6. The molecule has 1 N–H and O–H groups in total. The molecule has 2 bridgehead atoms. The molecule has 0 aliphatic carbocycles. The lowest BCUT2D eigenvalue weighted by molar-refractivity contribution is -0.0285. The molecule has 4 aromatic rings. The maximum atomic E-state index is 15.1. The topological polar surface area (TPSA) is 75.0 Å². The maximum Gasteiger partial charge on any atom is 0.265 e. The van der Waals surface area contributed by atoms with E-state index in [1.807, 2.05) is 18.3 Å². The Hall–Kier alpha value is -3.64. The molecule has 214 valence electrons. The van der Waals surface area contributed by atoms with Gasteiger partial charge in [-0.1, -0.05) is 6.07 Å². The molecule has 41 heavy (non-hydrogen) atoms. The van der Waals surface area contributed by atoms with E-state index in [4.69, 9.17) is 0 Å². The van der Waals surface area contributed by atoms with Crippen LogP contribution in [0.5, 0.6) is 0 Å². The second-order valence-corrected chi connectivity index (χ2v) is 11.6. The summed E-state index contributed by atoms with van der Waals surface area (Å²) in [6, 6.07) is 6.40. The lowest BCUT2D eigenvalue weighted by Gasteiger charge is -2.39. The van der Waals surface area contributed by atoms with Gasteiger partial charge in [-0.05, 0) is 50.1 Å². The summed E-state index contributed by atoms with van der Waals surface area (Å²) in [5, 5.41) is 2.99. The van der Waals surface area contributed by atoms with Crippen LogP contribution in [0.3, 0.4) is 0 Å². The van der Waals surface area contributed by atoms with Crippen LogP contribution < -0.4 is 5.32 Å². The van der Waals surface area contributed by atoms with Crippen LogP contribution in [-0.4, -0.2) is 72.4 Å². The van der Waals surface area contributed by atoms with E-state index in [0.717, 1.165) is 44.4 Å². The molecule has 3 atom stereocenters. The van der Waals surface area contributed by atoms with E-state index in [0.29, 0.717) is 30.1 Å². The zero-order chi connectivity index (χ0) is 28.5. The molecule has 12 heteroatoms. The maximum absolute atomic E-state index is 15.1. The lowest BCUT2D eigenvalue weighted by Crippen LogP contribution is -2.51. The fraction of sp³-hybridized carbons (Fsp3) is 0.448. The number of alkyl halides is 2. The van der Waals surface area contributed by atoms with Crippen molar-refractivity contribution in [3.05, 3.63) is 59.7 Å². The molecule has 1 aromatic carbocycles. The van der Waals surface area contributed by atoms with E-state index in [9.17, 15) is 13.2 Å². The van der Waals surface area contributed by atoms with Gasteiger partial charge in [0.1, 0.15) is 22.9 Å². The molecule has 0 saturated carbocycles. The number of rotatable bonds is 6. The van der Waals surface area contributed by atoms with Crippen LogP contribution in [-0.2, 0) is 13.0 Å². The van der Waals surface area contributed by atoms with Crippen molar-refractivity contribution < 1.29 is 17.6 Å². The zero-order valence-electron chi connectivity index (χ0n) is 22.8. The number of fused-ring (bicyclic) bond motifs is 5. The number of aryl methyl sites for hydroxylation is 1. The van der Waals surface area contributed by atoms with Gasteiger partial charge >= 0.3 is 0 Å². The second kappa shape index (κ2) is 9.73. The predicted molar refractivity (Wildman–Crippen MR) is 146 cm³/mol. The van der Waals surface area contributed by atoms with Gasteiger partial charge in [0.15, 0.2) is 11.6 Å². The minimum atomic E-state index is -3.02. The molecular weight excluding hydrogens is 536 g/mol. The summed E-state index contributed by atoms with van der Waals surface area (Å²) in [6.45, 7) is 3.85. The third-order valence-corrected chi connectivity index (χ3v) is 8.62. The number of hydrogen-bond acceptors (Lipinski definition) is 7. The van der Waals surface area contributed by atoms with Crippen molar-refractivity contribution in [3.8, 4) is 11.3 Å². The molecule has 2 unspecified atom stereocenters. The van der Waals surface area contributed by atoms with E-state index in [1.165, 1.54) is 23.5 Å². The Morgan fingerprint density at radius 1 is 0.976 bits per heavy atom. The van der Waals surface area contributed by atoms with E-state index in [2.05, 4.69) is 42.1 Å². The first-order valence-electron chi connectivity index (χ1n) is 13.9. The molecule has 3 aliphatic rings. The summed E-state index contributed by atoms with van der Waals surface area (Å²) < 4.78 is 60.0. The molecular formula is C29H30F4N8. The van der Waals surface area contributed by atoms with Gasteiger partial charge in [0.25, 0.3) is 5.92 Å². The number of halogens is 4. The fourth-order valence-electron chi connectivity index (χ4n) is 6.74. The number of piperazine rings is 1. The third-order valence-electron chi connectivity index (χ3n) is 8.62. The number of likely N-dealkylation sites (N-methyl/N-ethyl adjacent to an activating group) is 1. The SMILES string of the molecule is CN1CC2CCC(C1)N2Cc1ccc(Nc2ncc(F)c(-c3cc(F)c4nc5n(c4c3)[C@H](C(C)(F)F)CC5)n2)nc1. The normalized spacial score (nSPS) is 22.9. The van der Waals surface area contributed by atoms with Crippen LogP contribution >= 0.6 is 0 Å². The molecule has 3 aliphatic heterocycles. The molecule has 8 nitrogen and oxygen atoms in total. The average molecular weight is 567 g/mol. The van der Waals surface area contributed by atoms with Crippen molar-refractivity contribution in [2.24, 2.45) is 0 Å². The molecule has 7 rings (SSSR count). The van der Waals surface area contributed by atoms with E-state index in [-0.39, 0.29) is 34.7 Å². The Bertz CT molecular complexity index is 1600. The van der Waals surface area contributed by atoms with Crippen molar-refractivity contribution in [1.82, 2.24) is 34.3 Å². The summed E-state index contributed by atoms with van der Waals surface area (Å²) >= 11 is 0. The van der Waals surface area contributed by atoms with Gasteiger partial charge in [-0.15, -0.1) is 0 Å². The Balaban J connectivity index is 1.13. The van der Waals surface area contributed by atoms with Gasteiger partial charge in [-0.3, -0.25) is 4.90 Å².